The number of amides is 1. The van der Waals surface area contributed by atoms with Crippen LogP contribution in [0.25, 0.3) is 11.0 Å². The van der Waals surface area contributed by atoms with Crippen molar-refractivity contribution in [3.8, 4) is 0 Å². The van der Waals surface area contributed by atoms with Crippen molar-refractivity contribution in [3.63, 3.8) is 0 Å². The first-order valence-corrected chi connectivity index (χ1v) is 9.39. The number of rotatable bonds is 4. The van der Waals surface area contributed by atoms with Gasteiger partial charge in [-0.1, -0.05) is 0 Å². The van der Waals surface area contributed by atoms with E-state index in [0.29, 0.717) is 17.3 Å². The summed E-state index contributed by atoms with van der Waals surface area (Å²) in [6, 6.07) is 7.75. The van der Waals surface area contributed by atoms with Gasteiger partial charge in [0, 0.05) is 55.8 Å². The Morgan fingerprint density at radius 3 is 2.81 bits per heavy atom. The highest BCUT2D eigenvalue weighted by Crippen LogP contribution is 2.25. The van der Waals surface area contributed by atoms with Crippen LogP contribution in [0.5, 0.6) is 0 Å². The van der Waals surface area contributed by atoms with Crippen molar-refractivity contribution < 1.29 is 9.21 Å². The van der Waals surface area contributed by atoms with Crippen molar-refractivity contribution in [2.24, 2.45) is 0 Å². The summed E-state index contributed by atoms with van der Waals surface area (Å²) in [4.78, 5) is 28.3. The zero-order chi connectivity index (χ0) is 18.1. The molecule has 2 fully saturated rings. The number of hydrogen-bond donors (Lipinski definition) is 1. The molecular weight excluding hydrogens is 330 g/mol. The van der Waals surface area contributed by atoms with Crippen molar-refractivity contribution in [2.45, 2.75) is 38.8 Å². The molecular formula is C20H25N3O3. The average molecular weight is 355 g/mol. The van der Waals surface area contributed by atoms with Crippen molar-refractivity contribution in [2.75, 3.05) is 31.5 Å². The lowest BCUT2D eigenvalue weighted by Crippen LogP contribution is -2.35. The van der Waals surface area contributed by atoms with Crippen LogP contribution in [0, 0.1) is 0 Å². The Bertz CT molecular complexity index is 870. The highest BCUT2D eigenvalue weighted by molar-refractivity contribution is 5.92. The van der Waals surface area contributed by atoms with Crippen molar-refractivity contribution in [3.05, 3.63) is 40.2 Å². The summed E-state index contributed by atoms with van der Waals surface area (Å²) in [5.74, 6) is -0.145. The predicted molar refractivity (Wildman–Crippen MR) is 101 cm³/mol. The summed E-state index contributed by atoms with van der Waals surface area (Å²) >= 11 is 0. The maximum absolute atomic E-state index is 12.0. The first-order chi connectivity index (χ1) is 12.6. The zero-order valence-corrected chi connectivity index (χ0v) is 15.2. The van der Waals surface area contributed by atoms with E-state index >= 15 is 0 Å². The van der Waals surface area contributed by atoms with E-state index in [-0.39, 0.29) is 11.5 Å². The first-order valence-electron chi connectivity index (χ1n) is 9.39. The molecule has 3 heterocycles. The second kappa shape index (κ2) is 7.21. The topological polar surface area (TPSA) is 65.8 Å². The standard InChI is InChI=1S/C20H25N3O3/c1-14(24)21-16-4-5-18-15(10-20(25)26-19(18)11-16)12-22-9-6-17(13-22)23-7-2-3-8-23/h4-5,10-11,17H,2-3,6-9,12-13H2,1H3,(H,21,24). The van der Waals surface area contributed by atoms with Gasteiger partial charge in [-0.3, -0.25) is 14.6 Å². The predicted octanol–water partition coefficient (Wildman–Crippen LogP) is 2.42. The van der Waals surface area contributed by atoms with Crippen LogP contribution < -0.4 is 10.9 Å². The van der Waals surface area contributed by atoms with E-state index in [2.05, 4.69) is 15.1 Å². The minimum atomic E-state index is -0.345. The van der Waals surface area contributed by atoms with E-state index in [0.717, 1.165) is 30.6 Å². The summed E-state index contributed by atoms with van der Waals surface area (Å²) in [7, 11) is 0. The van der Waals surface area contributed by atoms with Gasteiger partial charge in [0.1, 0.15) is 5.58 Å². The number of nitrogens with one attached hydrogen (secondary N) is 1. The molecule has 1 aromatic carbocycles. The molecule has 0 spiro atoms. The number of carbonyl (C=O) groups excluding carboxylic acids is 1. The van der Waals surface area contributed by atoms with E-state index in [4.69, 9.17) is 4.42 Å². The van der Waals surface area contributed by atoms with Crippen LogP contribution in [0.3, 0.4) is 0 Å². The Morgan fingerprint density at radius 2 is 2.04 bits per heavy atom. The fraction of sp³-hybridized carbons (Fsp3) is 0.500. The number of carbonyl (C=O) groups is 1. The molecule has 0 saturated carbocycles. The largest absolute Gasteiger partial charge is 0.423 e. The van der Waals surface area contributed by atoms with Gasteiger partial charge in [-0.25, -0.2) is 4.79 Å². The number of hydrogen-bond acceptors (Lipinski definition) is 5. The van der Waals surface area contributed by atoms with Crippen molar-refractivity contribution in [1.82, 2.24) is 9.80 Å². The van der Waals surface area contributed by atoms with E-state index in [9.17, 15) is 9.59 Å². The summed E-state index contributed by atoms with van der Waals surface area (Å²) in [6.07, 6.45) is 3.83. The Kier molecular flexibility index (Phi) is 4.78. The third kappa shape index (κ3) is 3.66. The first kappa shape index (κ1) is 17.2. The van der Waals surface area contributed by atoms with Crippen LogP contribution >= 0.6 is 0 Å². The normalized spacial score (nSPS) is 21.5. The molecule has 1 aromatic heterocycles. The molecule has 1 unspecified atom stereocenters. The maximum atomic E-state index is 12.0. The minimum absolute atomic E-state index is 0.145. The average Bonchev–Trinajstić information content (AvgIpc) is 3.24. The summed E-state index contributed by atoms with van der Waals surface area (Å²) < 4.78 is 5.36. The lowest BCUT2D eigenvalue weighted by molar-refractivity contribution is -0.114. The highest BCUT2D eigenvalue weighted by atomic mass is 16.4. The summed E-state index contributed by atoms with van der Waals surface area (Å²) in [6.45, 7) is 6.79. The Labute approximate surface area is 152 Å². The number of nitrogens with zero attached hydrogens (tertiary/aromatic N) is 2. The molecule has 1 N–H and O–H groups in total. The molecule has 1 amide bonds. The van der Waals surface area contributed by atoms with E-state index in [1.165, 1.54) is 39.3 Å². The molecule has 138 valence electrons. The second-order valence-corrected chi connectivity index (χ2v) is 7.40. The lowest BCUT2D eigenvalue weighted by atomic mass is 10.1. The van der Waals surface area contributed by atoms with Crippen LogP contribution in [0.1, 0.15) is 31.7 Å². The lowest BCUT2D eigenvalue weighted by Gasteiger charge is -2.23. The van der Waals surface area contributed by atoms with Gasteiger partial charge in [0.05, 0.1) is 0 Å². The summed E-state index contributed by atoms with van der Waals surface area (Å²) in [5, 5.41) is 3.66. The molecule has 4 rings (SSSR count). The van der Waals surface area contributed by atoms with Gasteiger partial charge < -0.3 is 9.73 Å². The van der Waals surface area contributed by atoms with Crippen LogP contribution in [0.4, 0.5) is 5.69 Å². The number of benzene rings is 1. The molecule has 0 aliphatic carbocycles. The van der Waals surface area contributed by atoms with Crippen LogP contribution in [-0.4, -0.2) is 47.9 Å². The Hall–Kier alpha value is -2.18. The quantitative estimate of drug-likeness (QED) is 0.854. The molecule has 2 aliphatic heterocycles. The maximum Gasteiger partial charge on any atom is 0.336 e. The van der Waals surface area contributed by atoms with Gasteiger partial charge in [0.2, 0.25) is 5.91 Å². The monoisotopic (exact) mass is 355 g/mol. The number of fused-ring (bicyclic) bond motifs is 1. The molecule has 2 aromatic rings. The molecule has 6 nitrogen and oxygen atoms in total. The molecule has 0 radical (unpaired) electrons. The molecule has 1 atom stereocenters. The van der Waals surface area contributed by atoms with Gasteiger partial charge in [-0.15, -0.1) is 0 Å². The second-order valence-electron chi connectivity index (χ2n) is 7.40. The van der Waals surface area contributed by atoms with Gasteiger partial charge in [-0.05, 0) is 50.0 Å². The zero-order valence-electron chi connectivity index (χ0n) is 15.2. The summed E-state index contributed by atoms with van der Waals surface area (Å²) in [5.41, 5.74) is 1.81. The number of likely N-dealkylation sites (tertiary alicyclic amines) is 2. The fourth-order valence-corrected chi connectivity index (χ4v) is 4.24. The van der Waals surface area contributed by atoms with Gasteiger partial charge in [-0.2, -0.15) is 0 Å². The number of anilines is 1. The third-order valence-electron chi connectivity index (χ3n) is 5.45. The molecule has 6 heteroatoms. The molecule has 0 bridgehead atoms. The van der Waals surface area contributed by atoms with Gasteiger partial charge in [0.15, 0.2) is 0 Å². The Balaban J connectivity index is 1.54. The molecule has 2 saturated heterocycles. The SMILES string of the molecule is CC(=O)Nc1ccc2c(CN3CCC(N4CCCC4)C3)cc(=O)oc2c1. The minimum Gasteiger partial charge on any atom is -0.423 e. The van der Waals surface area contributed by atoms with E-state index in [1.807, 2.05) is 12.1 Å². The van der Waals surface area contributed by atoms with Crippen molar-refractivity contribution >= 4 is 22.6 Å². The van der Waals surface area contributed by atoms with E-state index < -0.39 is 0 Å². The van der Waals surface area contributed by atoms with E-state index in [1.54, 1.807) is 12.1 Å². The third-order valence-corrected chi connectivity index (χ3v) is 5.45. The van der Waals surface area contributed by atoms with Crippen LogP contribution in [0.15, 0.2) is 33.5 Å². The Morgan fingerprint density at radius 1 is 1.23 bits per heavy atom. The van der Waals surface area contributed by atoms with Crippen LogP contribution in [-0.2, 0) is 11.3 Å². The molecule has 26 heavy (non-hydrogen) atoms. The fourth-order valence-electron chi connectivity index (χ4n) is 4.24. The molecule has 2 aliphatic rings. The smallest absolute Gasteiger partial charge is 0.336 e. The van der Waals surface area contributed by atoms with Crippen molar-refractivity contribution in [1.29, 1.82) is 0 Å². The van der Waals surface area contributed by atoms with Gasteiger partial charge >= 0.3 is 5.63 Å². The van der Waals surface area contributed by atoms with Crippen LogP contribution in [0.2, 0.25) is 0 Å². The van der Waals surface area contributed by atoms with Gasteiger partial charge in [0.25, 0.3) is 0 Å². The highest BCUT2D eigenvalue weighted by Gasteiger charge is 2.29.